The van der Waals surface area contributed by atoms with Gasteiger partial charge in [-0.2, -0.15) is 0 Å². The largest absolute Gasteiger partial charge is 0.342 e. The van der Waals surface area contributed by atoms with E-state index < -0.39 is 28.9 Å². The molecule has 1 N–H and O–H groups in total. The predicted octanol–water partition coefficient (Wildman–Crippen LogP) is 7.07. The first kappa shape index (κ1) is 25.5. The van der Waals surface area contributed by atoms with Gasteiger partial charge in [-0.1, -0.05) is 66.5 Å². The summed E-state index contributed by atoms with van der Waals surface area (Å²) in [6, 6.07) is 14.8. The Balaban J connectivity index is 1.69. The monoisotopic (exact) mass is 540 g/mol. The molecule has 4 nitrogen and oxygen atoms in total. The number of hydrogen-bond donors (Lipinski definition) is 1. The van der Waals surface area contributed by atoms with Crippen molar-refractivity contribution < 1.29 is 21.6 Å². The minimum absolute atomic E-state index is 0.0226. The number of aromatic amines is 1. The SMILES string of the molecule is CCS(=O)(=O)c1ccc(Cc2nc3c(Cl)c(-c4ccccc4CC(F)C(F)F)c(Cl)cc3[nH]2)cc1. The highest BCUT2D eigenvalue weighted by Gasteiger charge is 2.23. The van der Waals surface area contributed by atoms with E-state index in [1.807, 2.05) is 0 Å². The van der Waals surface area contributed by atoms with Gasteiger partial charge in [0.1, 0.15) is 11.3 Å². The van der Waals surface area contributed by atoms with E-state index in [1.54, 1.807) is 61.5 Å². The second-order valence-corrected chi connectivity index (χ2v) is 11.1. The maximum Gasteiger partial charge on any atom is 0.269 e. The van der Waals surface area contributed by atoms with E-state index in [2.05, 4.69) is 9.97 Å². The van der Waals surface area contributed by atoms with E-state index in [9.17, 15) is 21.6 Å². The van der Waals surface area contributed by atoms with Gasteiger partial charge in [0.2, 0.25) is 0 Å². The molecule has 184 valence electrons. The summed E-state index contributed by atoms with van der Waals surface area (Å²) in [5, 5.41) is 0.492. The van der Waals surface area contributed by atoms with E-state index >= 15 is 0 Å². The smallest absolute Gasteiger partial charge is 0.269 e. The number of alkyl halides is 3. The Morgan fingerprint density at radius 2 is 1.71 bits per heavy atom. The molecule has 0 amide bonds. The van der Waals surface area contributed by atoms with Crippen LogP contribution in [-0.4, -0.2) is 36.7 Å². The van der Waals surface area contributed by atoms with E-state index in [1.165, 1.54) is 0 Å². The molecule has 1 aromatic heterocycles. The van der Waals surface area contributed by atoms with Crippen LogP contribution in [0.3, 0.4) is 0 Å². The molecule has 3 aromatic carbocycles. The van der Waals surface area contributed by atoms with Crippen LogP contribution < -0.4 is 0 Å². The number of imidazole rings is 1. The molecule has 0 saturated heterocycles. The van der Waals surface area contributed by atoms with E-state index in [0.29, 0.717) is 40.0 Å². The number of halogens is 5. The summed E-state index contributed by atoms with van der Waals surface area (Å²) in [5.74, 6) is 0.602. The minimum atomic E-state index is -3.29. The summed E-state index contributed by atoms with van der Waals surface area (Å²) in [7, 11) is -3.29. The van der Waals surface area contributed by atoms with Crippen molar-refractivity contribution in [3.8, 4) is 11.1 Å². The van der Waals surface area contributed by atoms with Gasteiger partial charge in [0, 0.05) is 18.4 Å². The quantitative estimate of drug-likeness (QED) is 0.260. The fraction of sp³-hybridized carbons (Fsp3) is 0.240. The highest BCUT2D eigenvalue weighted by atomic mass is 35.5. The van der Waals surface area contributed by atoms with Gasteiger partial charge in [0.15, 0.2) is 16.0 Å². The number of H-pyrrole nitrogens is 1. The van der Waals surface area contributed by atoms with Crippen molar-refractivity contribution in [2.24, 2.45) is 0 Å². The Kier molecular flexibility index (Phi) is 7.45. The van der Waals surface area contributed by atoms with Gasteiger partial charge in [-0.15, -0.1) is 0 Å². The molecule has 0 bridgehead atoms. The summed E-state index contributed by atoms with van der Waals surface area (Å²) in [4.78, 5) is 8.01. The van der Waals surface area contributed by atoms with Crippen LogP contribution in [0.2, 0.25) is 10.0 Å². The molecule has 1 unspecified atom stereocenters. The summed E-state index contributed by atoms with van der Waals surface area (Å²) < 4.78 is 63.5. The fourth-order valence-corrected chi connectivity index (χ4v) is 5.46. The highest BCUT2D eigenvalue weighted by Crippen LogP contribution is 2.41. The third-order valence-electron chi connectivity index (χ3n) is 5.73. The Morgan fingerprint density at radius 3 is 2.37 bits per heavy atom. The van der Waals surface area contributed by atoms with E-state index in [-0.39, 0.29) is 20.7 Å². The summed E-state index contributed by atoms with van der Waals surface area (Å²) in [6.07, 6.45) is -5.50. The zero-order valence-corrected chi connectivity index (χ0v) is 20.9. The van der Waals surface area contributed by atoms with Crippen molar-refractivity contribution in [3.05, 3.63) is 81.6 Å². The molecule has 0 radical (unpaired) electrons. The van der Waals surface area contributed by atoms with Gasteiger partial charge in [0.25, 0.3) is 6.43 Å². The van der Waals surface area contributed by atoms with Crippen molar-refractivity contribution >= 4 is 44.1 Å². The van der Waals surface area contributed by atoms with Gasteiger partial charge >= 0.3 is 0 Å². The molecule has 0 saturated carbocycles. The Labute approximate surface area is 211 Å². The average molecular weight is 541 g/mol. The third-order valence-corrected chi connectivity index (χ3v) is 8.14. The van der Waals surface area contributed by atoms with Crippen LogP contribution in [0.1, 0.15) is 23.9 Å². The molecular formula is C25H21Cl2F3N2O2S. The third kappa shape index (κ3) is 5.34. The number of nitrogens with zero attached hydrogens (tertiary/aromatic N) is 1. The number of fused-ring (bicyclic) bond motifs is 1. The van der Waals surface area contributed by atoms with Gasteiger partial charge < -0.3 is 4.98 Å². The molecule has 0 spiro atoms. The molecule has 1 heterocycles. The second-order valence-electron chi connectivity index (χ2n) is 8.06. The predicted molar refractivity (Wildman–Crippen MR) is 133 cm³/mol. The zero-order chi connectivity index (χ0) is 25.3. The molecular weight excluding hydrogens is 520 g/mol. The molecule has 1 atom stereocenters. The Bertz CT molecular complexity index is 1470. The number of rotatable bonds is 8. The maximum atomic E-state index is 13.8. The van der Waals surface area contributed by atoms with Gasteiger partial charge in [0.05, 0.1) is 26.2 Å². The molecule has 0 aliphatic heterocycles. The topological polar surface area (TPSA) is 62.8 Å². The lowest BCUT2D eigenvalue weighted by molar-refractivity contribution is 0.0504. The Morgan fingerprint density at radius 1 is 1.03 bits per heavy atom. The van der Waals surface area contributed by atoms with Crippen LogP contribution in [0.25, 0.3) is 22.2 Å². The number of sulfone groups is 1. The lowest BCUT2D eigenvalue weighted by Crippen LogP contribution is -2.15. The van der Waals surface area contributed by atoms with Gasteiger partial charge in [-0.05, 0) is 34.9 Å². The lowest BCUT2D eigenvalue weighted by Gasteiger charge is -2.15. The number of hydrogen-bond acceptors (Lipinski definition) is 3. The van der Waals surface area contributed by atoms with E-state index in [4.69, 9.17) is 23.2 Å². The molecule has 4 rings (SSSR count). The molecule has 4 aromatic rings. The Hall–Kier alpha value is -2.55. The normalized spacial score (nSPS) is 13.0. The fourth-order valence-electron chi connectivity index (χ4n) is 3.88. The highest BCUT2D eigenvalue weighted by molar-refractivity contribution is 7.91. The van der Waals surface area contributed by atoms with Gasteiger partial charge in [-0.25, -0.2) is 26.6 Å². The van der Waals surface area contributed by atoms with Gasteiger partial charge in [-0.3, -0.25) is 0 Å². The number of aromatic nitrogens is 2. The van der Waals surface area contributed by atoms with Crippen molar-refractivity contribution in [2.75, 3.05) is 5.75 Å². The lowest BCUT2D eigenvalue weighted by atomic mass is 9.95. The van der Waals surface area contributed by atoms with Crippen molar-refractivity contribution in [3.63, 3.8) is 0 Å². The van der Waals surface area contributed by atoms with Crippen LogP contribution in [0.5, 0.6) is 0 Å². The molecule has 0 aliphatic carbocycles. The first-order chi connectivity index (χ1) is 16.6. The van der Waals surface area contributed by atoms with E-state index in [0.717, 1.165) is 5.56 Å². The van der Waals surface area contributed by atoms with Crippen LogP contribution in [-0.2, 0) is 22.7 Å². The van der Waals surface area contributed by atoms with Crippen LogP contribution in [0, 0.1) is 0 Å². The molecule has 0 aliphatic rings. The average Bonchev–Trinajstić information content (AvgIpc) is 3.22. The minimum Gasteiger partial charge on any atom is -0.342 e. The zero-order valence-electron chi connectivity index (χ0n) is 18.5. The summed E-state index contributed by atoms with van der Waals surface area (Å²) in [5.41, 5.74) is 3.08. The van der Waals surface area contributed by atoms with Crippen molar-refractivity contribution in [1.29, 1.82) is 0 Å². The van der Waals surface area contributed by atoms with Crippen LogP contribution >= 0.6 is 23.2 Å². The maximum absolute atomic E-state index is 13.8. The number of benzene rings is 3. The molecule has 35 heavy (non-hydrogen) atoms. The summed E-state index contributed by atoms with van der Waals surface area (Å²) >= 11 is 13.2. The standard InChI is InChI=1S/C25H21Cl2F3N2O2S/c1-2-35(33,34)16-9-7-14(8-10-16)11-21-31-20-13-18(26)22(23(27)24(20)32-21)17-6-4-3-5-15(17)12-19(28)25(29)30/h3-10,13,19,25H,2,11-12H2,1H3,(H,31,32). The van der Waals surface area contributed by atoms with Crippen LogP contribution in [0.4, 0.5) is 13.2 Å². The molecule has 0 fully saturated rings. The van der Waals surface area contributed by atoms with Crippen LogP contribution in [0.15, 0.2) is 59.5 Å². The number of nitrogens with one attached hydrogen (secondary N) is 1. The van der Waals surface area contributed by atoms with Crippen molar-refractivity contribution in [2.45, 2.75) is 37.3 Å². The second kappa shape index (κ2) is 10.2. The van der Waals surface area contributed by atoms with Crippen molar-refractivity contribution in [1.82, 2.24) is 9.97 Å². The first-order valence-electron chi connectivity index (χ1n) is 10.8. The molecule has 10 heteroatoms. The summed E-state index contributed by atoms with van der Waals surface area (Å²) in [6.45, 7) is 1.59. The first-order valence-corrected chi connectivity index (χ1v) is 13.2.